The third-order valence-electron chi connectivity index (χ3n) is 10.6. The summed E-state index contributed by atoms with van der Waals surface area (Å²) < 4.78 is 50.6. The lowest BCUT2D eigenvalue weighted by molar-refractivity contribution is 0.303. The van der Waals surface area contributed by atoms with Gasteiger partial charge in [0.15, 0.2) is 11.6 Å². The average molecular weight is 934 g/mol. The highest BCUT2D eigenvalue weighted by Crippen LogP contribution is 2.28. The Kier molecular flexibility index (Phi) is 16.8. The van der Waals surface area contributed by atoms with Gasteiger partial charge in [0.05, 0.1) is 24.9 Å². The molecule has 2 aliphatic rings. The van der Waals surface area contributed by atoms with E-state index < -0.39 is 31.1 Å². The van der Waals surface area contributed by atoms with Crippen LogP contribution >= 0.6 is 23.2 Å². The van der Waals surface area contributed by atoms with Crippen LogP contribution in [0.15, 0.2) is 48.8 Å². The van der Waals surface area contributed by atoms with Gasteiger partial charge in [-0.3, -0.25) is 0 Å². The number of hydrogen-bond donors (Lipinski definition) is 6. The highest BCUT2D eigenvalue weighted by atomic mass is 35.5. The molecule has 4 heterocycles. The molecule has 6 rings (SSSR count). The van der Waals surface area contributed by atoms with Gasteiger partial charge in [0.2, 0.25) is 31.9 Å². The van der Waals surface area contributed by atoms with Crippen LogP contribution in [0, 0.1) is 0 Å². The van der Waals surface area contributed by atoms with Crippen molar-refractivity contribution in [3.63, 3.8) is 0 Å². The van der Waals surface area contributed by atoms with Crippen molar-refractivity contribution >= 4 is 78.2 Å². The Balaban J connectivity index is 0.000000234. The smallest absolute Gasteiger partial charge is 0.229 e. The average Bonchev–Trinajstić information content (AvgIpc) is 3.54. The van der Waals surface area contributed by atoms with Crippen LogP contribution in [0.2, 0.25) is 10.0 Å². The van der Waals surface area contributed by atoms with Crippen molar-refractivity contribution in [2.45, 2.75) is 78.3 Å². The van der Waals surface area contributed by atoms with Gasteiger partial charge in [0, 0.05) is 61.7 Å². The maximum atomic E-state index is 11.4. The van der Waals surface area contributed by atoms with Gasteiger partial charge in [-0.1, -0.05) is 49.2 Å². The van der Waals surface area contributed by atoms with Crippen LogP contribution in [-0.4, -0.2) is 123 Å². The van der Waals surface area contributed by atoms with Crippen molar-refractivity contribution in [2.75, 3.05) is 86.1 Å². The number of hydrogen-bond acceptors (Lipinski definition) is 14. The number of benzene rings is 2. The monoisotopic (exact) mass is 932 g/mol. The van der Waals surface area contributed by atoms with Crippen molar-refractivity contribution in [1.29, 1.82) is 0 Å². The predicted octanol–water partition coefficient (Wildman–Crippen LogP) is 6.07. The van der Waals surface area contributed by atoms with E-state index in [9.17, 15) is 16.8 Å². The molecule has 0 amide bonds. The third-order valence-corrected chi connectivity index (χ3v) is 12.5. The van der Waals surface area contributed by atoms with Crippen LogP contribution in [0.3, 0.4) is 0 Å². The highest BCUT2D eigenvalue weighted by molar-refractivity contribution is 7.89. The zero-order valence-corrected chi connectivity index (χ0v) is 40.1. The molecule has 0 radical (unpaired) electrons. The van der Waals surface area contributed by atoms with Crippen LogP contribution in [0.25, 0.3) is 0 Å². The van der Waals surface area contributed by atoms with Gasteiger partial charge in [0.25, 0.3) is 0 Å². The number of aromatic nitrogens is 4. The summed E-state index contributed by atoms with van der Waals surface area (Å²) in [6.45, 7) is 18.7. The molecule has 6 N–H and O–H groups in total. The Morgan fingerprint density at radius 3 is 1.29 bits per heavy atom. The van der Waals surface area contributed by atoms with Crippen molar-refractivity contribution in [3.8, 4) is 0 Å². The Bertz CT molecular complexity index is 2220. The molecular weight excluding hydrogens is 872 g/mol. The van der Waals surface area contributed by atoms with Crippen molar-refractivity contribution in [3.05, 3.63) is 81.1 Å². The molecule has 20 heteroatoms. The minimum absolute atomic E-state index is 0.189. The second kappa shape index (κ2) is 21.2. The standard InChI is InChI=1S/2C21H31ClN6O2S/c2*1-5-28-10-8-15-6-7-17(12-16(15)9-11-28)25-20-23-13-18(22)19(26-20)27-21(2,3)14-24-31(4,29)30/h2*6-7,12-13,24H,5,8-11,14H2,1-4H3,(H2,23,25,26,27). The van der Waals surface area contributed by atoms with E-state index in [1.165, 1.54) is 34.6 Å². The lowest BCUT2D eigenvalue weighted by Crippen LogP contribution is -2.44. The number of nitrogens with zero attached hydrogens (tertiary/aromatic N) is 6. The maximum Gasteiger partial charge on any atom is 0.229 e. The number of likely N-dealkylation sites (N-methyl/N-ethyl adjacent to an activating group) is 2. The van der Waals surface area contributed by atoms with E-state index in [1.54, 1.807) is 0 Å². The summed E-state index contributed by atoms with van der Waals surface area (Å²) in [4.78, 5) is 22.5. The van der Waals surface area contributed by atoms with Crippen molar-refractivity contribution in [2.24, 2.45) is 0 Å². The highest BCUT2D eigenvalue weighted by Gasteiger charge is 2.24. The number of nitrogens with one attached hydrogen (secondary N) is 6. The second-order valence-electron chi connectivity index (χ2n) is 17.1. The Morgan fingerprint density at radius 2 is 0.952 bits per heavy atom. The summed E-state index contributed by atoms with van der Waals surface area (Å²) in [7, 11) is -6.59. The van der Waals surface area contributed by atoms with Crippen LogP contribution in [0.4, 0.5) is 34.9 Å². The number of anilines is 6. The molecule has 0 saturated heterocycles. The van der Waals surface area contributed by atoms with Gasteiger partial charge in [-0.2, -0.15) is 9.97 Å². The molecule has 62 heavy (non-hydrogen) atoms. The zero-order valence-electron chi connectivity index (χ0n) is 37.0. The van der Waals surface area contributed by atoms with Crippen molar-refractivity contribution < 1.29 is 16.8 Å². The van der Waals surface area contributed by atoms with E-state index >= 15 is 0 Å². The molecular formula is C42H62Cl2N12O4S2. The molecule has 2 aromatic carbocycles. The van der Waals surface area contributed by atoms with Crippen LogP contribution in [0.5, 0.6) is 0 Å². The molecule has 0 atom stereocenters. The Hall–Kier alpha value is -3.88. The second-order valence-corrected chi connectivity index (χ2v) is 21.6. The Labute approximate surface area is 377 Å². The quantitative estimate of drug-likeness (QED) is 0.0757. The molecule has 0 aliphatic carbocycles. The fraction of sp³-hybridized carbons (Fsp3) is 0.524. The van der Waals surface area contributed by atoms with E-state index in [1.807, 2.05) is 39.8 Å². The summed E-state index contributed by atoms with van der Waals surface area (Å²) in [6.07, 6.45) is 9.48. The molecule has 2 aromatic heterocycles. The maximum absolute atomic E-state index is 11.4. The predicted molar refractivity (Wildman–Crippen MR) is 254 cm³/mol. The molecule has 0 fully saturated rings. The third kappa shape index (κ3) is 15.7. The first kappa shape index (κ1) is 49.1. The largest absolute Gasteiger partial charge is 0.362 e. The Morgan fingerprint density at radius 1 is 0.597 bits per heavy atom. The summed E-state index contributed by atoms with van der Waals surface area (Å²) >= 11 is 12.6. The topological polar surface area (TPSA) is 198 Å². The molecule has 0 saturated carbocycles. The van der Waals surface area contributed by atoms with Gasteiger partial charge in [-0.05, 0) is 113 Å². The number of rotatable bonds is 16. The van der Waals surface area contributed by atoms with Crippen LogP contribution in [-0.2, 0) is 45.7 Å². The molecule has 0 bridgehead atoms. The van der Waals surface area contributed by atoms with Crippen LogP contribution in [0.1, 0.15) is 63.8 Å². The van der Waals surface area contributed by atoms with Gasteiger partial charge in [-0.15, -0.1) is 0 Å². The molecule has 0 unspecified atom stereocenters. The minimum atomic E-state index is -3.30. The summed E-state index contributed by atoms with van der Waals surface area (Å²) in [5.74, 6) is 1.71. The molecule has 4 aromatic rings. The summed E-state index contributed by atoms with van der Waals surface area (Å²) in [6, 6.07) is 12.8. The zero-order chi connectivity index (χ0) is 45.3. The van der Waals surface area contributed by atoms with Crippen LogP contribution < -0.4 is 30.7 Å². The molecule has 2 aliphatic heterocycles. The van der Waals surface area contributed by atoms with Gasteiger partial charge < -0.3 is 31.1 Å². The number of halogens is 2. The first-order valence-corrected chi connectivity index (χ1v) is 25.4. The van der Waals surface area contributed by atoms with Gasteiger partial charge >= 0.3 is 0 Å². The fourth-order valence-electron chi connectivity index (χ4n) is 6.97. The van der Waals surface area contributed by atoms with E-state index in [4.69, 9.17) is 23.2 Å². The number of fused-ring (bicyclic) bond motifs is 2. The van der Waals surface area contributed by atoms with Gasteiger partial charge in [-0.25, -0.2) is 36.2 Å². The van der Waals surface area contributed by atoms with Gasteiger partial charge in [0.1, 0.15) is 10.0 Å². The normalized spacial score (nSPS) is 15.3. The molecule has 0 spiro atoms. The first-order chi connectivity index (χ1) is 29.1. The van der Waals surface area contributed by atoms with E-state index in [2.05, 4.69) is 98.6 Å². The molecule has 16 nitrogen and oxygen atoms in total. The minimum Gasteiger partial charge on any atom is -0.362 e. The van der Waals surface area contributed by atoms with Crippen molar-refractivity contribution in [1.82, 2.24) is 39.2 Å². The lowest BCUT2D eigenvalue weighted by Gasteiger charge is -2.27. The number of sulfonamides is 2. The summed E-state index contributed by atoms with van der Waals surface area (Å²) in [5, 5.41) is 13.6. The van der Waals surface area contributed by atoms with E-state index in [0.717, 1.165) is 88.8 Å². The van der Waals surface area contributed by atoms with E-state index in [-0.39, 0.29) is 13.1 Å². The van der Waals surface area contributed by atoms with E-state index in [0.29, 0.717) is 33.6 Å². The fourth-order valence-corrected chi connectivity index (χ4v) is 8.49. The SMILES string of the molecule is CCN1CCc2ccc(Nc3ncc(Cl)c(NC(C)(C)CNS(C)(=O)=O)n3)cc2CC1.CCN1CCc2ccc(Nc3ncc(Cl)c(NC(C)(C)CNS(C)(=O)=O)n3)cc2CC1. The summed E-state index contributed by atoms with van der Waals surface area (Å²) in [5.41, 5.74) is 6.12. The first-order valence-electron chi connectivity index (χ1n) is 20.8. The lowest BCUT2D eigenvalue weighted by atomic mass is 10.0. The molecule has 340 valence electrons.